The summed E-state index contributed by atoms with van der Waals surface area (Å²) in [4.78, 5) is 10.9. The van der Waals surface area contributed by atoms with Crippen LogP contribution in [0.15, 0.2) is 24.8 Å². The minimum absolute atomic E-state index is 0.0723. The lowest BCUT2D eigenvalue weighted by Gasteiger charge is -2.07. The van der Waals surface area contributed by atoms with Gasteiger partial charge in [-0.15, -0.1) is 0 Å². The number of carboxylic acids is 1. The first kappa shape index (κ1) is 10.4. The molecule has 0 amide bonds. The second kappa shape index (κ2) is 4.14. The normalized spacial score (nSPS) is 12.2. The van der Waals surface area contributed by atoms with Gasteiger partial charge >= 0.3 is 5.97 Å². The minimum Gasteiger partial charge on any atom is -0.485 e. The molecule has 0 atom stereocenters. The zero-order valence-electron chi connectivity index (χ0n) is 8.43. The van der Waals surface area contributed by atoms with Crippen LogP contribution in [-0.4, -0.2) is 24.5 Å². The fourth-order valence-corrected chi connectivity index (χ4v) is 1.36. The minimum atomic E-state index is -1.04. The molecule has 16 heavy (non-hydrogen) atoms. The van der Waals surface area contributed by atoms with Gasteiger partial charge in [0.05, 0.1) is 5.56 Å². The molecule has 1 heterocycles. The number of aromatic carboxylic acids is 1. The number of carbonyl (C=O) groups is 1. The van der Waals surface area contributed by atoms with Gasteiger partial charge in [-0.1, -0.05) is 12.7 Å². The highest BCUT2D eigenvalue weighted by Crippen LogP contribution is 2.41. The fraction of sp³-hybridized carbons (Fsp3) is 0.182. The molecule has 2 rings (SSSR count). The lowest BCUT2D eigenvalue weighted by Crippen LogP contribution is -1.99. The molecule has 84 valence electrons. The van der Waals surface area contributed by atoms with E-state index < -0.39 is 5.97 Å². The summed E-state index contributed by atoms with van der Waals surface area (Å²) >= 11 is 0. The van der Waals surface area contributed by atoms with Crippen LogP contribution in [-0.2, 0) is 0 Å². The third kappa shape index (κ3) is 1.79. The number of hydrogen-bond acceptors (Lipinski definition) is 4. The molecule has 1 aliphatic rings. The van der Waals surface area contributed by atoms with Gasteiger partial charge in [-0.25, -0.2) is 4.79 Å². The molecular formula is C11H10O5. The van der Waals surface area contributed by atoms with Crippen LogP contribution in [0.3, 0.4) is 0 Å². The molecule has 1 aromatic carbocycles. The van der Waals surface area contributed by atoms with Crippen LogP contribution in [0.4, 0.5) is 0 Å². The molecule has 0 aromatic heterocycles. The Bertz CT molecular complexity index is 438. The molecule has 0 aliphatic carbocycles. The Labute approximate surface area is 91.9 Å². The Morgan fingerprint density at radius 3 is 3.06 bits per heavy atom. The fourth-order valence-electron chi connectivity index (χ4n) is 1.36. The first-order valence-electron chi connectivity index (χ1n) is 4.63. The van der Waals surface area contributed by atoms with Crippen molar-refractivity contribution in [3.8, 4) is 17.2 Å². The van der Waals surface area contributed by atoms with E-state index >= 15 is 0 Å². The summed E-state index contributed by atoms with van der Waals surface area (Å²) in [7, 11) is 0. The molecule has 0 radical (unpaired) electrons. The third-order valence-corrected chi connectivity index (χ3v) is 2.04. The standard InChI is InChI=1S/C11H10O5/c1-2-3-14-8-4-7(11(12)13)5-9-10(8)16-6-15-9/h2,4-5H,1,3,6H2,(H,12,13). The van der Waals surface area contributed by atoms with E-state index in [4.69, 9.17) is 19.3 Å². The lowest BCUT2D eigenvalue weighted by atomic mass is 10.2. The van der Waals surface area contributed by atoms with E-state index in [0.717, 1.165) is 0 Å². The summed E-state index contributed by atoms with van der Waals surface area (Å²) in [6.45, 7) is 3.86. The van der Waals surface area contributed by atoms with E-state index in [9.17, 15) is 4.79 Å². The van der Waals surface area contributed by atoms with Crippen molar-refractivity contribution in [1.29, 1.82) is 0 Å². The Hall–Kier alpha value is -2.17. The topological polar surface area (TPSA) is 65.0 Å². The van der Waals surface area contributed by atoms with Crippen molar-refractivity contribution < 1.29 is 24.1 Å². The molecule has 0 saturated carbocycles. The number of fused-ring (bicyclic) bond motifs is 1. The van der Waals surface area contributed by atoms with Crippen molar-refractivity contribution in [3.05, 3.63) is 30.4 Å². The van der Waals surface area contributed by atoms with E-state index in [0.29, 0.717) is 17.2 Å². The van der Waals surface area contributed by atoms with E-state index in [2.05, 4.69) is 6.58 Å². The van der Waals surface area contributed by atoms with Gasteiger partial charge in [0.25, 0.3) is 0 Å². The molecule has 5 heteroatoms. The van der Waals surface area contributed by atoms with Crippen molar-refractivity contribution >= 4 is 5.97 Å². The Balaban J connectivity index is 2.40. The number of carboxylic acid groups (broad SMARTS) is 1. The molecule has 0 bridgehead atoms. The Morgan fingerprint density at radius 1 is 1.56 bits per heavy atom. The van der Waals surface area contributed by atoms with Crippen LogP contribution in [0, 0.1) is 0 Å². The Kier molecular flexibility index (Phi) is 2.68. The Morgan fingerprint density at radius 2 is 2.38 bits per heavy atom. The highest BCUT2D eigenvalue weighted by atomic mass is 16.7. The van der Waals surface area contributed by atoms with Crippen molar-refractivity contribution in [2.75, 3.05) is 13.4 Å². The van der Waals surface area contributed by atoms with Gasteiger partial charge in [0.15, 0.2) is 11.5 Å². The summed E-state index contributed by atoms with van der Waals surface area (Å²) < 4.78 is 15.6. The van der Waals surface area contributed by atoms with Crippen LogP contribution in [0.1, 0.15) is 10.4 Å². The zero-order valence-corrected chi connectivity index (χ0v) is 8.43. The first-order chi connectivity index (χ1) is 7.72. The number of benzene rings is 1. The monoisotopic (exact) mass is 222 g/mol. The summed E-state index contributed by atoms with van der Waals surface area (Å²) in [6.07, 6.45) is 1.57. The predicted octanol–water partition coefficient (Wildman–Crippen LogP) is 1.68. The maximum Gasteiger partial charge on any atom is 0.335 e. The smallest absolute Gasteiger partial charge is 0.335 e. The van der Waals surface area contributed by atoms with Gasteiger partial charge < -0.3 is 19.3 Å². The zero-order chi connectivity index (χ0) is 11.5. The summed E-state index contributed by atoms with van der Waals surface area (Å²) in [5.41, 5.74) is 0.100. The van der Waals surface area contributed by atoms with Crippen LogP contribution < -0.4 is 14.2 Å². The molecular weight excluding hydrogens is 212 g/mol. The van der Waals surface area contributed by atoms with Crippen LogP contribution in [0.2, 0.25) is 0 Å². The van der Waals surface area contributed by atoms with Crippen molar-refractivity contribution in [3.63, 3.8) is 0 Å². The van der Waals surface area contributed by atoms with Crippen molar-refractivity contribution in [1.82, 2.24) is 0 Å². The van der Waals surface area contributed by atoms with E-state index in [1.807, 2.05) is 0 Å². The maximum atomic E-state index is 10.9. The predicted molar refractivity (Wildman–Crippen MR) is 55.2 cm³/mol. The van der Waals surface area contributed by atoms with Gasteiger partial charge in [0.2, 0.25) is 12.5 Å². The molecule has 1 aromatic rings. The summed E-state index contributed by atoms with van der Waals surface area (Å²) in [6, 6.07) is 2.81. The second-order valence-electron chi connectivity index (χ2n) is 3.11. The first-order valence-corrected chi connectivity index (χ1v) is 4.63. The average Bonchev–Trinajstić information content (AvgIpc) is 2.73. The molecule has 0 spiro atoms. The van der Waals surface area contributed by atoms with E-state index in [1.54, 1.807) is 6.08 Å². The van der Waals surface area contributed by atoms with Gasteiger partial charge in [0, 0.05) is 0 Å². The molecule has 1 aliphatic heterocycles. The van der Waals surface area contributed by atoms with Gasteiger partial charge in [-0.05, 0) is 12.1 Å². The molecule has 1 N–H and O–H groups in total. The second-order valence-corrected chi connectivity index (χ2v) is 3.11. The lowest BCUT2D eigenvalue weighted by molar-refractivity contribution is 0.0696. The average molecular weight is 222 g/mol. The largest absolute Gasteiger partial charge is 0.485 e. The van der Waals surface area contributed by atoms with Crippen molar-refractivity contribution in [2.45, 2.75) is 0 Å². The molecule has 0 saturated heterocycles. The van der Waals surface area contributed by atoms with Gasteiger partial charge in [-0.2, -0.15) is 0 Å². The highest BCUT2D eigenvalue weighted by Gasteiger charge is 2.22. The molecule has 5 nitrogen and oxygen atoms in total. The van der Waals surface area contributed by atoms with E-state index in [1.165, 1.54) is 12.1 Å². The van der Waals surface area contributed by atoms with E-state index in [-0.39, 0.29) is 19.0 Å². The number of rotatable bonds is 4. The number of ether oxygens (including phenoxy) is 3. The van der Waals surface area contributed by atoms with Crippen LogP contribution in [0.25, 0.3) is 0 Å². The van der Waals surface area contributed by atoms with Crippen LogP contribution >= 0.6 is 0 Å². The van der Waals surface area contributed by atoms with Gasteiger partial charge in [-0.3, -0.25) is 0 Å². The quantitative estimate of drug-likeness (QED) is 0.785. The number of hydrogen-bond donors (Lipinski definition) is 1. The van der Waals surface area contributed by atoms with Crippen molar-refractivity contribution in [2.24, 2.45) is 0 Å². The maximum absolute atomic E-state index is 10.9. The molecule has 0 unspecified atom stereocenters. The summed E-state index contributed by atoms with van der Waals surface area (Å²) in [5, 5.41) is 8.89. The highest BCUT2D eigenvalue weighted by molar-refractivity contribution is 5.89. The SMILES string of the molecule is C=CCOc1cc(C(=O)O)cc2c1OCO2. The van der Waals surface area contributed by atoms with Gasteiger partial charge in [0.1, 0.15) is 6.61 Å². The third-order valence-electron chi connectivity index (χ3n) is 2.04. The summed E-state index contributed by atoms with van der Waals surface area (Å²) in [5.74, 6) is 0.139. The van der Waals surface area contributed by atoms with Crippen LogP contribution in [0.5, 0.6) is 17.2 Å². The molecule has 0 fully saturated rings.